The molecule has 5 rings (SSSR count). The van der Waals surface area contributed by atoms with E-state index in [4.69, 9.17) is 9.47 Å². The van der Waals surface area contributed by atoms with E-state index in [-0.39, 0.29) is 6.61 Å². The van der Waals surface area contributed by atoms with Gasteiger partial charge >= 0.3 is 6.09 Å². The second kappa shape index (κ2) is 9.67. The Bertz CT molecular complexity index is 1580. The molecule has 0 radical (unpaired) electrons. The summed E-state index contributed by atoms with van der Waals surface area (Å²) in [6, 6.07) is 15.4. The Kier molecular flexibility index (Phi) is 6.39. The van der Waals surface area contributed by atoms with Crippen molar-refractivity contribution in [2.45, 2.75) is 45.9 Å². The second-order valence-corrected chi connectivity index (χ2v) is 9.97. The van der Waals surface area contributed by atoms with E-state index in [1.165, 1.54) is 4.68 Å². The largest absolute Gasteiger partial charge is 0.489 e. The lowest BCUT2D eigenvalue weighted by molar-refractivity contribution is 0.0522. The molecule has 9 heteroatoms. The number of carbonyl (C=O) groups excluding carboxylic acids is 1. The van der Waals surface area contributed by atoms with Gasteiger partial charge in [0, 0.05) is 17.1 Å². The van der Waals surface area contributed by atoms with Crippen LogP contribution in [0.1, 0.15) is 26.5 Å². The maximum atomic E-state index is 12.6. The number of para-hydroxylation sites is 2. The van der Waals surface area contributed by atoms with Gasteiger partial charge in [-0.2, -0.15) is 9.78 Å². The number of hydrogen-bond donors (Lipinski definition) is 1. The fraction of sp³-hybridized carbons (Fsp3) is 0.286. The Hall–Kier alpha value is -4.24. The van der Waals surface area contributed by atoms with Gasteiger partial charge in [-0.3, -0.25) is 4.98 Å². The number of benzene rings is 2. The summed E-state index contributed by atoms with van der Waals surface area (Å²) in [5.41, 5.74) is 4.38. The Balaban J connectivity index is 1.30. The summed E-state index contributed by atoms with van der Waals surface area (Å²) in [5, 5.41) is 15.8. The summed E-state index contributed by atoms with van der Waals surface area (Å²) < 4.78 is 14.5. The lowest BCUT2D eigenvalue weighted by Crippen LogP contribution is -2.27. The molecule has 3 heterocycles. The highest BCUT2D eigenvalue weighted by molar-refractivity contribution is 5.92. The van der Waals surface area contributed by atoms with Crippen LogP contribution in [0.5, 0.6) is 5.75 Å². The van der Waals surface area contributed by atoms with Crippen molar-refractivity contribution in [1.82, 2.24) is 24.3 Å². The van der Waals surface area contributed by atoms with Crippen LogP contribution in [0.2, 0.25) is 0 Å². The number of aromatic nitrogens is 5. The van der Waals surface area contributed by atoms with Crippen molar-refractivity contribution in [3.63, 3.8) is 0 Å². The number of imidazole rings is 1. The minimum Gasteiger partial charge on any atom is -0.489 e. The molecule has 1 N–H and O–H groups in total. The summed E-state index contributed by atoms with van der Waals surface area (Å²) in [5.74, 6) is 0.549. The molecular formula is C28H29N5O4. The number of aryl methyl sites for hydroxylation is 1. The molecule has 9 nitrogen and oxygen atoms in total. The summed E-state index contributed by atoms with van der Waals surface area (Å²) in [6.07, 6.45) is 3.85. The van der Waals surface area contributed by atoms with Gasteiger partial charge in [0.15, 0.2) is 0 Å². The Morgan fingerprint density at radius 2 is 1.86 bits per heavy atom. The molecular weight excluding hydrogens is 470 g/mol. The number of carbonyl (C=O) groups is 1. The number of hydrogen-bond acceptors (Lipinski definition) is 7. The number of rotatable bonds is 6. The third-order valence-corrected chi connectivity index (χ3v) is 5.85. The maximum absolute atomic E-state index is 12.6. The molecule has 0 aliphatic heterocycles. The molecule has 37 heavy (non-hydrogen) atoms. The highest BCUT2D eigenvalue weighted by atomic mass is 16.6. The van der Waals surface area contributed by atoms with Crippen LogP contribution in [0, 0.1) is 6.92 Å². The molecule has 5 aromatic rings. The third kappa shape index (κ3) is 5.31. The van der Waals surface area contributed by atoms with E-state index in [2.05, 4.69) is 15.1 Å². The van der Waals surface area contributed by atoms with E-state index >= 15 is 0 Å². The predicted octanol–water partition coefficient (Wildman–Crippen LogP) is 4.98. The van der Waals surface area contributed by atoms with E-state index in [1.54, 1.807) is 18.7 Å². The maximum Gasteiger partial charge on any atom is 0.435 e. The fourth-order valence-electron chi connectivity index (χ4n) is 4.18. The van der Waals surface area contributed by atoms with Crippen LogP contribution >= 0.6 is 0 Å². The topological polar surface area (TPSA) is 104 Å². The summed E-state index contributed by atoms with van der Waals surface area (Å²) in [6.45, 7) is 7.80. The smallest absolute Gasteiger partial charge is 0.435 e. The highest BCUT2D eigenvalue weighted by Gasteiger charge is 2.21. The molecule has 1 atom stereocenters. The number of aliphatic hydroxyl groups excluding tert-OH is 1. The molecule has 190 valence electrons. The number of fused-ring (bicyclic) bond motifs is 2. The molecule has 0 saturated carbocycles. The van der Waals surface area contributed by atoms with Crippen LogP contribution in [-0.2, 0) is 11.3 Å². The Morgan fingerprint density at radius 1 is 1.05 bits per heavy atom. The van der Waals surface area contributed by atoms with Crippen molar-refractivity contribution < 1.29 is 19.4 Å². The van der Waals surface area contributed by atoms with Crippen LogP contribution in [0.3, 0.4) is 0 Å². The first-order chi connectivity index (χ1) is 17.7. The zero-order valence-electron chi connectivity index (χ0n) is 21.3. The van der Waals surface area contributed by atoms with Gasteiger partial charge in [-0.1, -0.05) is 18.2 Å². The van der Waals surface area contributed by atoms with Crippen molar-refractivity contribution in [2.24, 2.45) is 0 Å². The van der Waals surface area contributed by atoms with E-state index in [0.29, 0.717) is 17.8 Å². The molecule has 2 aromatic carbocycles. The second-order valence-electron chi connectivity index (χ2n) is 9.97. The van der Waals surface area contributed by atoms with Gasteiger partial charge < -0.3 is 19.1 Å². The lowest BCUT2D eigenvalue weighted by atomic mass is 10.0. The minimum atomic E-state index is -0.723. The molecule has 0 saturated heterocycles. The van der Waals surface area contributed by atoms with E-state index in [0.717, 1.165) is 33.2 Å². The Morgan fingerprint density at radius 3 is 2.68 bits per heavy atom. The van der Waals surface area contributed by atoms with Gasteiger partial charge in [0.1, 0.15) is 24.1 Å². The van der Waals surface area contributed by atoms with Crippen LogP contribution in [0.4, 0.5) is 4.79 Å². The fourth-order valence-corrected chi connectivity index (χ4v) is 4.18. The standard InChI is InChI=1S/C28H29N5O4/c1-18-23-12-19(9-10-25(23)33(31-18)27(35)37-28(2,3)4)20-11-22(14-29-13-20)36-16-21(34)15-32-17-30-24-7-5-6-8-26(24)32/h5-14,17,21,34H,15-16H2,1-4H3. The first-order valence-electron chi connectivity index (χ1n) is 12.1. The average Bonchev–Trinajstić information content (AvgIpc) is 3.42. The zero-order chi connectivity index (χ0) is 26.2. The van der Waals surface area contributed by atoms with Crippen LogP contribution < -0.4 is 4.74 Å². The molecule has 0 aliphatic carbocycles. The molecule has 0 aliphatic rings. The molecule has 0 bridgehead atoms. The normalized spacial score (nSPS) is 12.7. The Labute approximate surface area is 214 Å². The van der Waals surface area contributed by atoms with Gasteiger partial charge in [-0.15, -0.1) is 0 Å². The first-order valence-corrected chi connectivity index (χ1v) is 12.1. The summed E-state index contributed by atoms with van der Waals surface area (Å²) >= 11 is 0. The lowest BCUT2D eigenvalue weighted by Gasteiger charge is -2.19. The SMILES string of the molecule is Cc1nn(C(=O)OC(C)(C)C)c2ccc(-c3cncc(OCC(O)Cn4cnc5ccccc54)c3)cc12. The highest BCUT2D eigenvalue weighted by Crippen LogP contribution is 2.28. The van der Waals surface area contributed by atoms with E-state index in [9.17, 15) is 9.90 Å². The number of ether oxygens (including phenoxy) is 2. The van der Waals surface area contributed by atoms with Crippen LogP contribution in [0.15, 0.2) is 67.3 Å². The van der Waals surface area contributed by atoms with Crippen molar-refractivity contribution in [2.75, 3.05) is 6.61 Å². The number of nitrogens with zero attached hydrogens (tertiary/aromatic N) is 5. The van der Waals surface area contributed by atoms with Gasteiger partial charge in [-0.25, -0.2) is 9.78 Å². The molecule has 0 fully saturated rings. The number of aliphatic hydroxyl groups is 1. The molecule has 3 aromatic heterocycles. The van der Waals surface area contributed by atoms with Gasteiger partial charge in [0.25, 0.3) is 0 Å². The number of pyridine rings is 1. The predicted molar refractivity (Wildman–Crippen MR) is 141 cm³/mol. The van der Waals surface area contributed by atoms with E-state index in [1.807, 2.05) is 80.8 Å². The van der Waals surface area contributed by atoms with Gasteiger partial charge in [0.05, 0.1) is 41.3 Å². The minimum absolute atomic E-state index is 0.110. The average molecular weight is 500 g/mol. The van der Waals surface area contributed by atoms with Gasteiger partial charge in [-0.05, 0) is 63.6 Å². The quantitative estimate of drug-likeness (QED) is 0.351. The molecule has 1 unspecified atom stereocenters. The monoisotopic (exact) mass is 499 g/mol. The molecule has 0 amide bonds. The third-order valence-electron chi connectivity index (χ3n) is 5.85. The van der Waals surface area contributed by atoms with Gasteiger partial charge in [0.2, 0.25) is 0 Å². The molecule has 0 spiro atoms. The summed E-state index contributed by atoms with van der Waals surface area (Å²) in [4.78, 5) is 21.3. The van der Waals surface area contributed by atoms with Crippen molar-refractivity contribution in [3.05, 3.63) is 72.9 Å². The first kappa shape index (κ1) is 24.5. The van der Waals surface area contributed by atoms with E-state index < -0.39 is 17.8 Å². The van der Waals surface area contributed by atoms with Crippen molar-refractivity contribution >= 4 is 28.0 Å². The zero-order valence-corrected chi connectivity index (χ0v) is 21.3. The van der Waals surface area contributed by atoms with Crippen molar-refractivity contribution in [3.8, 4) is 16.9 Å². The van der Waals surface area contributed by atoms with Crippen LogP contribution in [-0.4, -0.2) is 53.8 Å². The van der Waals surface area contributed by atoms with Crippen LogP contribution in [0.25, 0.3) is 33.1 Å². The summed E-state index contributed by atoms with van der Waals surface area (Å²) in [7, 11) is 0. The van der Waals surface area contributed by atoms with Crippen molar-refractivity contribution in [1.29, 1.82) is 0 Å².